The molecule has 0 aliphatic carbocycles. The quantitative estimate of drug-likeness (QED) is 0.767. The Morgan fingerprint density at radius 1 is 1.43 bits per heavy atom. The summed E-state index contributed by atoms with van der Waals surface area (Å²) in [4.78, 5) is 6.44. The molecule has 1 aliphatic rings. The summed E-state index contributed by atoms with van der Waals surface area (Å²) >= 11 is 0. The molecular weight excluding hydrogens is 176 g/mol. The van der Waals surface area contributed by atoms with Gasteiger partial charge < -0.3 is 10.0 Å². The first-order chi connectivity index (χ1) is 6.90. The van der Waals surface area contributed by atoms with Crippen molar-refractivity contribution in [1.29, 1.82) is 0 Å². The topological polar surface area (TPSA) is 36.4 Å². The van der Waals surface area contributed by atoms with Crippen LogP contribution in [-0.4, -0.2) is 29.8 Å². The van der Waals surface area contributed by atoms with Crippen molar-refractivity contribution in [3.8, 4) is 0 Å². The third-order valence-corrected chi connectivity index (χ3v) is 2.88. The highest BCUT2D eigenvalue weighted by Crippen LogP contribution is 2.21. The van der Waals surface area contributed by atoms with Gasteiger partial charge in [-0.25, -0.2) is 0 Å². The number of anilines is 1. The van der Waals surface area contributed by atoms with Crippen LogP contribution < -0.4 is 4.90 Å². The van der Waals surface area contributed by atoms with E-state index >= 15 is 0 Å². The number of aromatic nitrogens is 1. The summed E-state index contributed by atoms with van der Waals surface area (Å²) in [5.41, 5.74) is 1.20. The normalized spacial score (nSPS) is 18.5. The van der Waals surface area contributed by atoms with Gasteiger partial charge >= 0.3 is 0 Å². The molecule has 2 rings (SSSR count). The van der Waals surface area contributed by atoms with Gasteiger partial charge in [0, 0.05) is 25.9 Å². The van der Waals surface area contributed by atoms with Crippen molar-refractivity contribution < 1.29 is 5.11 Å². The minimum Gasteiger partial charge on any atom is -0.396 e. The predicted octanol–water partition coefficient (Wildman–Crippen LogP) is 1.29. The lowest BCUT2D eigenvalue weighted by Crippen LogP contribution is -2.34. The zero-order chi connectivity index (χ0) is 9.80. The van der Waals surface area contributed by atoms with E-state index in [9.17, 15) is 0 Å². The molecule has 1 saturated heterocycles. The standard InChI is InChI=1S/C11H16N2O/c14-9-10-3-6-13(7-4-10)11-2-1-5-12-8-11/h1-2,5,8,10,14H,3-4,6-7,9H2. The van der Waals surface area contributed by atoms with Crippen molar-refractivity contribution in [2.45, 2.75) is 12.8 Å². The van der Waals surface area contributed by atoms with Crippen LogP contribution >= 0.6 is 0 Å². The zero-order valence-corrected chi connectivity index (χ0v) is 8.26. The number of hydrogen-bond donors (Lipinski definition) is 1. The first-order valence-electron chi connectivity index (χ1n) is 5.16. The van der Waals surface area contributed by atoms with Gasteiger partial charge in [0.2, 0.25) is 0 Å². The molecule has 0 atom stereocenters. The molecule has 3 nitrogen and oxygen atoms in total. The molecule has 1 aromatic rings. The second kappa shape index (κ2) is 4.42. The lowest BCUT2D eigenvalue weighted by Gasteiger charge is -2.32. The largest absolute Gasteiger partial charge is 0.396 e. The second-order valence-corrected chi connectivity index (χ2v) is 3.82. The fourth-order valence-corrected chi connectivity index (χ4v) is 1.91. The van der Waals surface area contributed by atoms with Crippen molar-refractivity contribution in [3.63, 3.8) is 0 Å². The SMILES string of the molecule is OCC1CCN(c2cccnc2)CC1. The predicted molar refractivity (Wildman–Crippen MR) is 56.3 cm³/mol. The third kappa shape index (κ3) is 2.04. The minimum atomic E-state index is 0.334. The maximum atomic E-state index is 9.02. The molecule has 3 heteroatoms. The molecule has 2 heterocycles. The van der Waals surface area contributed by atoms with Crippen LogP contribution in [0.5, 0.6) is 0 Å². The van der Waals surface area contributed by atoms with Gasteiger partial charge in [0.1, 0.15) is 0 Å². The number of aliphatic hydroxyl groups is 1. The smallest absolute Gasteiger partial charge is 0.0552 e. The van der Waals surface area contributed by atoms with Gasteiger partial charge in [0.05, 0.1) is 11.9 Å². The third-order valence-electron chi connectivity index (χ3n) is 2.88. The minimum absolute atomic E-state index is 0.334. The molecule has 0 aromatic carbocycles. The summed E-state index contributed by atoms with van der Waals surface area (Å²) in [6, 6.07) is 4.06. The molecule has 1 N–H and O–H groups in total. The van der Waals surface area contributed by atoms with E-state index in [2.05, 4.69) is 16.0 Å². The number of aliphatic hydroxyl groups excluding tert-OH is 1. The van der Waals surface area contributed by atoms with Gasteiger partial charge in [-0.05, 0) is 30.9 Å². The fourth-order valence-electron chi connectivity index (χ4n) is 1.91. The first-order valence-corrected chi connectivity index (χ1v) is 5.16. The maximum absolute atomic E-state index is 9.02. The van der Waals surface area contributed by atoms with Gasteiger partial charge in [-0.15, -0.1) is 0 Å². The Morgan fingerprint density at radius 3 is 2.79 bits per heavy atom. The molecule has 0 bridgehead atoms. The second-order valence-electron chi connectivity index (χ2n) is 3.82. The number of piperidine rings is 1. The fraction of sp³-hybridized carbons (Fsp3) is 0.545. The molecule has 1 aliphatic heterocycles. The Labute approximate surface area is 84.4 Å². The van der Waals surface area contributed by atoms with E-state index in [0.717, 1.165) is 25.9 Å². The van der Waals surface area contributed by atoms with Crippen LogP contribution in [0.15, 0.2) is 24.5 Å². The van der Waals surface area contributed by atoms with Crippen LogP contribution in [0, 0.1) is 5.92 Å². The maximum Gasteiger partial charge on any atom is 0.0552 e. The monoisotopic (exact) mass is 192 g/mol. The summed E-state index contributed by atoms with van der Waals surface area (Å²) < 4.78 is 0. The van der Waals surface area contributed by atoms with Crippen molar-refractivity contribution >= 4 is 5.69 Å². The summed E-state index contributed by atoms with van der Waals surface area (Å²) in [7, 11) is 0. The molecule has 0 spiro atoms. The highest BCUT2D eigenvalue weighted by atomic mass is 16.3. The van der Waals surface area contributed by atoms with E-state index < -0.39 is 0 Å². The van der Waals surface area contributed by atoms with E-state index in [1.54, 1.807) is 6.20 Å². The molecule has 1 aromatic heterocycles. The molecule has 1 fully saturated rings. The van der Waals surface area contributed by atoms with E-state index in [1.165, 1.54) is 5.69 Å². The molecule has 14 heavy (non-hydrogen) atoms. The van der Waals surface area contributed by atoms with Crippen LogP contribution in [-0.2, 0) is 0 Å². The molecule has 0 amide bonds. The Hall–Kier alpha value is -1.09. The van der Waals surface area contributed by atoms with Crippen molar-refractivity contribution in [3.05, 3.63) is 24.5 Å². The van der Waals surface area contributed by atoms with Crippen LogP contribution in [0.1, 0.15) is 12.8 Å². The van der Waals surface area contributed by atoms with Crippen molar-refractivity contribution in [2.24, 2.45) is 5.92 Å². The van der Waals surface area contributed by atoms with E-state index in [1.807, 2.05) is 12.3 Å². The number of pyridine rings is 1. The molecule has 0 radical (unpaired) electrons. The average molecular weight is 192 g/mol. The van der Waals surface area contributed by atoms with E-state index in [-0.39, 0.29) is 0 Å². The lowest BCUT2D eigenvalue weighted by atomic mass is 9.98. The van der Waals surface area contributed by atoms with Gasteiger partial charge in [-0.1, -0.05) is 0 Å². The van der Waals surface area contributed by atoms with Crippen LogP contribution in [0.2, 0.25) is 0 Å². The van der Waals surface area contributed by atoms with Gasteiger partial charge in [-0.3, -0.25) is 4.98 Å². The number of nitrogens with zero attached hydrogens (tertiary/aromatic N) is 2. The summed E-state index contributed by atoms with van der Waals surface area (Å²) in [6.45, 7) is 2.41. The zero-order valence-electron chi connectivity index (χ0n) is 8.26. The Kier molecular flexibility index (Phi) is 2.99. The number of hydrogen-bond acceptors (Lipinski definition) is 3. The Bertz CT molecular complexity index is 268. The molecule has 76 valence electrons. The van der Waals surface area contributed by atoms with Crippen molar-refractivity contribution in [1.82, 2.24) is 4.98 Å². The van der Waals surface area contributed by atoms with Crippen LogP contribution in [0.25, 0.3) is 0 Å². The summed E-state index contributed by atoms with van der Waals surface area (Å²) in [5, 5.41) is 9.02. The highest BCUT2D eigenvalue weighted by Gasteiger charge is 2.18. The highest BCUT2D eigenvalue weighted by molar-refractivity contribution is 5.43. The van der Waals surface area contributed by atoms with E-state index in [0.29, 0.717) is 12.5 Å². The van der Waals surface area contributed by atoms with Crippen LogP contribution in [0.4, 0.5) is 5.69 Å². The summed E-state index contributed by atoms with van der Waals surface area (Å²) in [5.74, 6) is 0.503. The average Bonchev–Trinajstić information content (AvgIpc) is 2.30. The van der Waals surface area contributed by atoms with Gasteiger partial charge in [-0.2, -0.15) is 0 Å². The molecule has 0 saturated carbocycles. The Balaban J connectivity index is 1.96. The number of rotatable bonds is 2. The Morgan fingerprint density at radius 2 is 2.21 bits per heavy atom. The van der Waals surface area contributed by atoms with Gasteiger partial charge in [0.25, 0.3) is 0 Å². The first kappa shape index (κ1) is 9.46. The van der Waals surface area contributed by atoms with Crippen molar-refractivity contribution in [2.75, 3.05) is 24.6 Å². The lowest BCUT2D eigenvalue weighted by molar-refractivity contribution is 0.203. The van der Waals surface area contributed by atoms with Gasteiger partial charge in [0.15, 0.2) is 0 Å². The van der Waals surface area contributed by atoms with Crippen LogP contribution in [0.3, 0.4) is 0 Å². The molecule has 0 unspecified atom stereocenters. The summed E-state index contributed by atoms with van der Waals surface area (Å²) in [6.07, 6.45) is 5.88. The molecular formula is C11H16N2O. The van der Waals surface area contributed by atoms with E-state index in [4.69, 9.17) is 5.11 Å².